The van der Waals surface area contributed by atoms with Gasteiger partial charge in [0.25, 0.3) is 0 Å². The van der Waals surface area contributed by atoms with Crippen LogP contribution in [0.2, 0.25) is 0 Å². The van der Waals surface area contributed by atoms with E-state index in [1.807, 2.05) is 12.1 Å². The summed E-state index contributed by atoms with van der Waals surface area (Å²) >= 11 is 0. The molecule has 2 atom stereocenters. The zero-order valence-corrected chi connectivity index (χ0v) is 9.84. The summed E-state index contributed by atoms with van der Waals surface area (Å²) in [6.45, 7) is 2.99. The maximum atomic E-state index is 5.89. The average molecular weight is 220 g/mol. The van der Waals surface area contributed by atoms with Gasteiger partial charge in [0.05, 0.1) is 5.69 Å². The SMILES string of the molecule is CN1CCCC(C(CN)c2cccnn2)C1. The minimum atomic E-state index is 0.358. The van der Waals surface area contributed by atoms with Crippen molar-refractivity contribution in [2.45, 2.75) is 18.8 Å². The van der Waals surface area contributed by atoms with Crippen LogP contribution in [0.5, 0.6) is 0 Å². The third kappa shape index (κ3) is 2.57. The molecular weight excluding hydrogens is 200 g/mol. The fourth-order valence-corrected chi connectivity index (χ4v) is 2.60. The van der Waals surface area contributed by atoms with E-state index in [9.17, 15) is 0 Å². The molecular formula is C12H20N4. The van der Waals surface area contributed by atoms with Crippen LogP contribution in [-0.2, 0) is 0 Å². The molecule has 2 heterocycles. The molecule has 1 fully saturated rings. The lowest BCUT2D eigenvalue weighted by molar-refractivity contribution is 0.186. The van der Waals surface area contributed by atoms with Crippen molar-refractivity contribution in [3.8, 4) is 0 Å². The number of likely N-dealkylation sites (tertiary alicyclic amines) is 1. The zero-order valence-electron chi connectivity index (χ0n) is 9.84. The second kappa shape index (κ2) is 5.37. The standard InChI is InChI=1S/C12H20N4/c1-16-7-3-4-10(9-16)11(8-13)12-5-2-6-14-15-12/h2,5-6,10-11H,3-4,7-9,13H2,1H3. The summed E-state index contributed by atoms with van der Waals surface area (Å²) in [7, 11) is 2.18. The van der Waals surface area contributed by atoms with Gasteiger partial charge in [-0.05, 0) is 44.5 Å². The second-order valence-electron chi connectivity index (χ2n) is 4.66. The first-order valence-corrected chi connectivity index (χ1v) is 5.97. The van der Waals surface area contributed by atoms with E-state index in [2.05, 4.69) is 22.1 Å². The number of hydrogen-bond acceptors (Lipinski definition) is 4. The maximum Gasteiger partial charge on any atom is 0.0677 e. The van der Waals surface area contributed by atoms with Gasteiger partial charge in [0, 0.05) is 25.2 Å². The van der Waals surface area contributed by atoms with Crippen molar-refractivity contribution >= 4 is 0 Å². The van der Waals surface area contributed by atoms with Crippen LogP contribution < -0.4 is 5.73 Å². The van der Waals surface area contributed by atoms with E-state index in [1.54, 1.807) is 6.20 Å². The number of nitrogens with two attached hydrogens (primary N) is 1. The summed E-state index contributed by atoms with van der Waals surface area (Å²) in [5.74, 6) is 0.983. The molecule has 0 radical (unpaired) electrons. The molecule has 2 N–H and O–H groups in total. The Morgan fingerprint density at radius 3 is 3.12 bits per heavy atom. The molecule has 1 aromatic rings. The molecule has 0 spiro atoms. The molecule has 4 heteroatoms. The van der Waals surface area contributed by atoms with Gasteiger partial charge in [-0.1, -0.05) is 0 Å². The van der Waals surface area contributed by atoms with Gasteiger partial charge >= 0.3 is 0 Å². The average Bonchev–Trinajstić information content (AvgIpc) is 2.31. The van der Waals surface area contributed by atoms with Crippen molar-refractivity contribution < 1.29 is 0 Å². The fraction of sp³-hybridized carbons (Fsp3) is 0.667. The fourth-order valence-electron chi connectivity index (χ4n) is 2.60. The smallest absolute Gasteiger partial charge is 0.0677 e. The van der Waals surface area contributed by atoms with Crippen LogP contribution in [0.15, 0.2) is 18.3 Å². The Kier molecular flexibility index (Phi) is 3.85. The molecule has 0 aliphatic carbocycles. The maximum absolute atomic E-state index is 5.89. The normalized spacial score (nSPS) is 24.2. The first kappa shape index (κ1) is 11.5. The third-order valence-electron chi connectivity index (χ3n) is 3.46. The number of aromatic nitrogens is 2. The highest BCUT2D eigenvalue weighted by molar-refractivity contribution is 5.09. The van der Waals surface area contributed by atoms with Crippen LogP contribution in [0.4, 0.5) is 0 Å². The first-order chi connectivity index (χ1) is 7.81. The minimum absolute atomic E-state index is 0.358. The molecule has 1 aliphatic rings. The van der Waals surface area contributed by atoms with Crippen molar-refractivity contribution in [3.05, 3.63) is 24.0 Å². The minimum Gasteiger partial charge on any atom is -0.330 e. The van der Waals surface area contributed by atoms with Crippen LogP contribution in [0.3, 0.4) is 0 Å². The summed E-state index contributed by atoms with van der Waals surface area (Å²) in [6, 6.07) is 3.98. The van der Waals surface area contributed by atoms with Gasteiger partial charge in [0.2, 0.25) is 0 Å². The summed E-state index contributed by atoms with van der Waals surface area (Å²) in [5, 5.41) is 8.15. The molecule has 4 nitrogen and oxygen atoms in total. The van der Waals surface area contributed by atoms with E-state index in [0.29, 0.717) is 18.4 Å². The summed E-state index contributed by atoms with van der Waals surface area (Å²) in [6.07, 6.45) is 4.23. The Balaban J connectivity index is 2.10. The largest absolute Gasteiger partial charge is 0.330 e. The Hall–Kier alpha value is -1.00. The molecule has 2 rings (SSSR count). The molecule has 16 heavy (non-hydrogen) atoms. The van der Waals surface area contributed by atoms with Crippen LogP contribution in [-0.4, -0.2) is 41.8 Å². The number of hydrogen-bond donors (Lipinski definition) is 1. The van der Waals surface area contributed by atoms with Gasteiger partial charge in [-0.15, -0.1) is 0 Å². The van der Waals surface area contributed by atoms with Crippen molar-refractivity contribution in [3.63, 3.8) is 0 Å². The Morgan fingerprint density at radius 2 is 2.50 bits per heavy atom. The highest BCUT2D eigenvalue weighted by Crippen LogP contribution is 2.29. The predicted molar refractivity (Wildman–Crippen MR) is 64.0 cm³/mol. The lowest BCUT2D eigenvalue weighted by Gasteiger charge is -2.34. The number of nitrogens with zero attached hydrogens (tertiary/aromatic N) is 3. The first-order valence-electron chi connectivity index (χ1n) is 5.97. The topological polar surface area (TPSA) is 55.0 Å². The third-order valence-corrected chi connectivity index (χ3v) is 3.46. The van der Waals surface area contributed by atoms with Crippen LogP contribution in [0.1, 0.15) is 24.5 Å². The van der Waals surface area contributed by atoms with Gasteiger partial charge in [-0.2, -0.15) is 10.2 Å². The Bertz CT molecular complexity index is 314. The number of piperidine rings is 1. The van der Waals surface area contributed by atoms with Crippen LogP contribution in [0.25, 0.3) is 0 Å². The Morgan fingerprint density at radius 1 is 1.62 bits per heavy atom. The molecule has 0 bridgehead atoms. The molecule has 0 amide bonds. The van der Waals surface area contributed by atoms with E-state index >= 15 is 0 Å². The van der Waals surface area contributed by atoms with Crippen LogP contribution >= 0.6 is 0 Å². The van der Waals surface area contributed by atoms with Crippen molar-refractivity contribution in [1.82, 2.24) is 15.1 Å². The van der Waals surface area contributed by atoms with E-state index in [4.69, 9.17) is 5.73 Å². The van der Waals surface area contributed by atoms with Crippen molar-refractivity contribution in [2.75, 3.05) is 26.7 Å². The van der Waals surface area contributed by atoms with Gasteiger partial charge in [-0.25, -0.2) is 0 Å². The molecule has 1 saturated heterocycles. The molecule has 0 aromatic carbocycles. The number of rotatable bonds is 3. The highest BCUT2D eigenvalue weighted by Gasteiger charge is 2.27. The predicted octanol–water partition coefficient (Wildman–Crippen LogP) is 0.861. The second-order valence-corrected chi connectivity index (χ2v) is 4.66. The summed E-state index contributed by atoms with van der Waals surface area (Å²) in [5.41, 5.74) is 6.94. The summed E-state index contributed by atoms with van der Waals surface area (Å²) in [4.78, 5) is 2.38. The molecule has 2 unspecified atom stereocenters. The Labute approximate surface area is 96.9 Å². The monoisotopic (exact) mass is 220 g/mol. The van der Waals surface area contributed by atoms with Gasteiger partial charge in [-0.3, -0.25) is 0 Å². The zero-order chi connectivity index (χ0) is 11.4. The molecule has 1 aromatic heterocycles. The summed E-state index contributed by atoms with van der Waals surface area (Å²) < 4.78 is 0. The van der Waals surface area contributed by atoms with Crippen LogP contribution in [0, 0.1) is 5.92 Å². The lowest BCUT2D eigenvalue weighted by atomic mass is 9.83. The quantitative estimate of drug-likeness (QED) is 0.821. The molecule has 0 saturated carbocycles. The van der Waals surface area contributed by atoms with E-state index < -0.39 is 0 Å². The molecule has 88 valence electrons. The van der Waals surface area contributed by atoms with Crippen molar-refractivity contribution in [1.29, 1.82) is 0 Å². The molecule has 1 aliphatic heterocycles. The van der Waals surface area contributed by atoms with E-state index in [1.165, 1.54) is 19.4 Å². The van der Waals surface area contributed by atoms with E-state index in [-0.39, 0.29) is 0 Å². The lowest BCUT2D eigenvalue weighted by Crippen LogP contribution is -2.37. The highest BCUT2D eigenvalue weighted by atomic mass is 15.1. The van der Waals surface area contributed by atoms with Crippen molar-refractivity contribution in [2.24, 2.45) is 11.7 Å². The van der Waals surface area contributed by atoms with Gasteiger partial charge in [0.15, 0.2) is 0 Å². The van der Waals surface area contributed by atoms with Gasteiger partial charge < -0.3 is 10.6 Å². The van der Waals surface area contributed by atoms with Gasteiger partial charge in [0.1, 0.15) is 0 Å². The van der Waals surface area contributed by atoms with E-state index in [0.717, 1.165) is 12.2 Å².